The number of nitrogens with zero attached hydrogens (tertiary/aromatic N) is 2. The molecule has 0 fully saturated rings. The molecular weight excluding hydrogens is 348 g/mol. The SMILES string of the molecule is Cc1cccc(C)c1NC(=O)c1cnc(Nc2cccc(Cl)c2C)nc1. The molecule has 0 aliphatic rings. The molecule has 132 valence electrons. The van der Waals surface area contributed by atoms with Crippen molar-refractivity contribution >= 4 is 34.8 Å². The Balaban J connectivity index is 1.75. The number of carbonyl (C=O) groups excluding carboxylic acids is 1. The molecule has 0 saturated carbocycles. The second-order valence-corrected chi connectivity index (χ2v) is 6.46. The van der Waals surface area contributed by atoms with Crippen LogP contribution in [0.1, 0.15) is 27.0 Å². The van der Waals surface area contributed by atoms with Crippen LogP contribution < -0.4 is 10.6 Å². The van der Waals surface area contributed by atoms with Crippen molar-refractivity contribution in [1.29, 1.82) is 0 Å². The van der Waals surface area contributed by atoms with Crippen LogP contribution in [0.2, 0.25) is 5.02 Å². The van der Waals surface area contributed by atoms with Gasteiger partial charge in [-0.2, -0.15) is 0 Å². The zero-order valence-corrected chi connectivity index (χ0v) is 15.6. The van der Waals surface area contributed by atoms with Crippen LogP contribution >= 0.6 is 11.6 Å². The van der Waals surface area contributed by atoms with Crippen LogP contribution in [-0.2, 0) is 0 Å². The van der Waals surface area contributed by atoms with E-state index in [-0.39, 0.29) is 5.91 Å². The maximum atomic E-state index is 12.5. The van der Waals surface area contributed by atoms with Gasteiger partial charge in [0.05, 0.1) is 5.56 Å². The van der Waals surface area contributed by atoms with E-state index in [4.69, 9.17) is 11.6 Å². The average molecular weight is 367 g/mol. The van der Waals surface area contributed by atoms with E-state index >= 15 is 0 Å². The molecular formula is C20H19ClN4O. The van der Waals surface area contributed by atoms with Gasteiger partial charge in [-0.25, -0.2) is 9.97 Å². The summed E-state index contributed by atoms with van der Waals surface area (Å²) in [5, 5.41) is 6.70. The van der Waals surface area contributed by atoms with Gasteiger partial charge >= 0.3 is 0 Å². The van der Waals surface area contributed by atoms with Gasteiger partial charge in [0, 0.05) is 28.8 Å². The van der Waals surface area contributed by atoms with Crippen LogP contribution in [0.3, 0.4) is 0 Å². The Labute approximate surface area is 157 Å². The second-order valence-electron chi connectivity index (χ2n) is 6.05. The van der Waals surface area contributed by atoms with E-state index < -0.39 is 0 Å². The Morgan fingerprint density at radius 1 is 0.962 bits per heavy atom. The first kappa shape index (κ1) is 17.9. The summed E-state index contributed by atoms with van der Waals surface area (Å²) in [6.07, 6.45) is 3.00. The van der Waals surface area contributed by atoms with Crippen LogP contribution in [0.5, 0.6) is 0 Å². The number of hydrogen-bond donors (Lipinski definition) is 2. The Bertz CT molecular complexity index is 934. The average Bonchev–Trinajstić information content (AvgIpc) is 2.63. The molecule has 26 heavy (non-hydrogen) atoms. The molecule has 1 heterocycles. The van der Waals surface area contributed by atoms with Crippen LogP contribution in [0.15, 0.2) is 48.8 Å². The van der Waals surface area contributed by atoms with Crippen molar-refractivity contribution in [1.82, 2.24) is 9.97 Å². The minimum absolute atomic E-state index is 0.243. The van der Waals surface area contributed by atoms with E-state index in [0.717, 1.165) is 28.1 Å². The van der Waals surface area contributed by atoms with Gasteiger partial charge in [0.25, 0.3) is 5.91 Å². The molecule has 1 amide bonds. The quantitative estimate of drug-likeness (QED) is 0.678. The summed E-state index contributed by atoms with van der Waals surface area (Å²) in [6, 6.07) is 11.4. The van der Waals surface area contributed by atoms with E-state index in [9.17, 15) is 4.79 Å². The highest BCUT2D eigenvalue weighted by atomic mass is 35.5. The molecule has 3 aromatic rings. The summed E-state index contributed by atoms with van der Waals surface area (Å²) in [6.45, 7) is 5.83. The number of carbonyl (C=O) groups is 1. The first-order valence-electron chi connectivity index (χ1n) is 8.17. The lowest BCUT2D eigenvalue weighted by atomic mass is 10.1. The number of hydrogen-bond acceptors (Lipinski definition) is 4. The summed E-state index contributed by atoms with van der Waals surface area (Å²) in [4.78, 5) is 20.9. The molecule has 0 spiro atoms. The van der Waals surface area contributed by atoms with Crippen LogP contribution in [0.25, 0.3) is 0 Å². The third-order valence-electron chi connectivity index (χ3n) is 4.15. The molecule has 0 atom stereocenters. The summed E-state index contributed by atoms with van der Waals surface area (Å²) in [5.41, 5.74) is 4.96. The highest BCUT2D eigenvalue weighted by molar-refractivity contribution is 6.31. The standard InChI is InChI=1S/C20H19ClN4O/c1-12-6-4-7-13(2)18(12)25-19(26)15-10-22-20(23-11-15)24-17-9-5-8-16(21)14(17)3/h4-11H,1-3H3,(H,25,26)(H,22,23,24). The maximum Gasteiger partial charge on any atom is 0.258 e. The van der Waals surface area contributed by atoms with E-state index in [2.05, 4.69) is 20.6 Å². The minimum Gasteiger partial charge on any atom is -0.324 e. The molecule has 0 radical (unpaired) electrons. The number of aromatic nitrogens is 2. The third-order valence-corrected chi connectivity index (χ3v) is 4.56. The lowest BCUT2D eigenvalue weighted by Crippen LogP contribution is -2.14. The highest BCUT2D eigenvalue weighted by Crippen LogP contribution is 2.25. The summed E-state index contributed by atoms with van der Waals surface area (Å²) >= 11 is 6.12. The molecule has 6 heteroatoms. The fourth-order valence-electron chi connectivity index (χ4n) is 2.57. The number of aryl methyl sites for hydroxylation is 2. The number of nitrogens with one attached hydrogen (secondary N) is 2. The van der Waals surface area contributed by atoms with Crippen molar-refractivity contribution in [3.8, 4) is 0 Å². The number of halogens is 1. The summed E-state index contributed by atoms with van der Waals surface area (Å²) < 4.78 is 0. The maximum absolute atomic E-state index is 12.5. The van der Waals surface area contributed by atoms with Crippen LogP contribution in [-0.4, -0.2) is 15.9 Å². The fourth-order valence-corrected chi connectivity index (χ4v) is 2.75. The first-order chi connectivity index (χ1) is 12.5. The molecule has 2 aromatic carbocycles. The van der Waals surface area contributed by atoms with Gasteiger partial charge in [0.2, 0.25) is 5.95 Å². The van der Waals surface area contributed by atoms with Crippen molar-refractivity contribution in [3.63, 3.8) is 0 Å². The smallest absolute Gasteiger partial charge is 0.258 e. The number of anilines is 3. The van der Waals surface area contributed by atoms with Crippen molar-refractivity contribution in [2.24, 2.45) is 0 Å². The predicted molar refractivity (Wildman–Crippen MR) is 105 cm³/mol. The molecule has 0 aliphatic heterocycles. The fraction of sp³-hybridized carbons (Fsp3) is 0.150. The molecule has 0 bridgehead atoms. The molecule has 0 unspecified atom stereocenters. The van der Waals surface area contributed by atoms with E-state index in [1.54, 1.807) is 0 Å². The number of benzene rings is 2. The summed E-state index contributed by atoms with van der Waals surface area (Å²) in [7, 11) is 0. The zero-order valence-electron chi connectivity index (χ0n) is 14.8. The van der Waals surface area contributed by atoms with Gasteiger partial charge in [0.1, 0.15) is 0 Å². The number of rotatable bonds is 4. The molecule has 2 N–H and O–H groups in total. The summed E-state index contributed by atoms with van der Waals surface area (Å²) in [5.74, 6) is 0.159. The lowest BCUT2D eigenvalue weighted by Gasteiger charge is -2.12. The molecule has 5 nitrogen and oxygen atoms in total. The normalized spacial score (nSPS) is 10.5. The Morgan fingerprint density at radius 2 is 1.58 bits per heavy atom. The minimum atomic E-state index is -0.243. The highest BCUT2D eigenvalue weighted by Gasteiger charge is 2.11. The van der Waals surface area contributed by atoms with Gasteiger partial charge in [-0.1, -0.05) is 35.9 Å². The molecule has 3 rings (SSSR count). The Morgan fingerprint density at radius 3 is 2.23 bits per heavy atom. The number of amides is 1. The van der Waals surface area contributed by atoms with Gasteiger partial charge in [-0.15, -0.1) is 0 Å². The largest absolute Gasteiger partial charge is 0.324 e. The van der Waals surface area contributed by atoms with Gasteiger partial charge < -0.3 is 10.6 Å². The third kappa shape index (κ3) is 3.83. The van der Waals surface area contributed by atoms with E-state index in [1.165, 1.54) is 12.4 Å². The molecule has 1 aromatic heterocycles. The first-order valence-corrected chi connectivity index (χ1v) is 8.55. The zero-order chi connectivity index (χ0) is 18.7. The van der Waals surface area contributed by atoms with Crippen molar-refractivity contribution in [3.05, 3.63) is 76.1 Å². The van der Waals surface area contributed by atoms with E-state index in [0.29, 0.717) is 16.5 Å². The predicted octanol–water partition coefficient (Wildman–Crippen LogP) is 5.05. The Hall–Kier alpha value is -2.92. The van der Waals surface area contributed by atoms with Crippen molar-refractivity contribution in [2.75, 3.05) is 10.6 Å². The van der Waals surface area contributed by atoms with Gasteiger partial charge in [-0.05, 0) is 49.6 Å². The monoisotopic (exact) mass is 366 g/mol. The molecule has 0 aliphatic carbocycles. The van der Waals surface area contributed by atoms with Gasteiger partial charge in [-0.3, -0.25) is 4.79 Å². The molecule has 0 saturated heterocycles. The Kier molecular flexibility index (Phi) is 5.19. The number of para-hydroxylation sites is 1. The van der Waals surface area contributed by atoms with Crippen molar-refractivity contribution < 1.29 is 4.79 Å². The van der Waals surface area contributed by atoms with E-state index in [1.807, 2.05) is 57.2 Å². The van der Waals surface area contributed by atoms with Crippen molar-refractivity contribution in [2.45, 2.75) is 20.8 Å². The second kappa shape index (κ2) is 7.54. The van der Waals surface area contributed by atoms with Crippen LogP contribution in [0.4, 0.5) is 17.3 Å². The van der Waals surface area contributed by atoms with Gasteiger partial charge in [0.15, 0.2) is 0 Å². The lowest BCUT2D eigenvalue weighted by molar-refractivity contribution is 0.102. The van der Waals surface area contributed by atoms with Crippen LogP contribution in [0, 0.1) is 20.8 Å². The topological polar surface area (TPSA) is 66.9 Å².